The van der Waals surface area contributed by atoms with Crippen LogP contribution in [0.25, 0.3) is 10.9 Å². The molecule has 5 rings (SSSR count). The third kappa shape index (κ3) is 3.98. The fourth-order valence-electron chi connectivity index (χ4n) is 4.91. The maximum absolute atomic E-state index is 13.7. The summed E-state index contributed by atoms with van der Waals surface area (Å²) >= 11 is 6.26. The van der Waals surface area contributed by atoms with E-state index in [2.05, 4.69) is 6.07 Å². The van der Waals surface area contributed by atoms with Crippen LogP contribution in [0, 0.1) is 12.7 Å². The number of aryl methyl sites for hydroxylation is 2. The van der Waals surface area contributed by atoms with E-state index in [9.17, 15) is 14.3 Å². The van der Waals surface area contributed by atoms with E-state index in [-0.39, 0.29) is 17.5 Å². The summed E-state index contributed by atoms with van der Waals surface area (Å²) in [6, 6.07) is 17.3. The van der Waals surface area contributed by atoms with Gasteiger partial charge in [0.25, 0.3) is 0 Å². The minimum Gasteiger partial charge on any atom is -0.508 e. The van der Waals surface area contributed by atoms with Crippen LogP contribution in [0.2, 0.25) is 5.02 Å². The molecular formula is C27H24ClFN2O2. The molecule has 0 bridgehead atoms. The number of carbonyl (C=O) groups excluding carboxylic acids is 1. The van der Waals surface area contributed by atoms with Gasteiger partial charge in [-0.05, 0) is 66.4 Å². The lowest BCUT2D eigenvalue weighted by Crippen LogP contribution is -2.41. The quantitative estimate of drug-likeness (QED) is 0.403. The fourth-order valence-corrected chi connectivity index (χ4v) is 5.09. The van der Waals surface area contributed by atoms with Crippen molar-refractivity contribution in [2.45, 2.75) is 32.4 Å². The third-order valence-electron chi connectivity index (χ3n) is 6.50. The van der Waals surface area contributed by atoms with Crippen molar-refractivity contribution in [1.29, 1.82) is 0 Å². The number of phenolic OH excluding ortho intramolecular Hbond substituents is 1. The van der Waals surface area contributed by atoms with Crippen molar-refractivity contribution in [2.24, 2.45) is 0 Å². The summed E-state index contributed by atoms with van der Waals surface area (Å²) in [6.07, 6.45) is 3.01. The Hall–Kier alpha value is -3.31. The molecule has 6 heteroatoms. The Labute approximate surface area is 196 Å². The number of halogens is 2. The van der Waals surface area contributed by atoms with Gasteiger partial charge in [-0.25, -0.2) is 4.39 Å². The molecule has 2 heterocycles. The average Bonchev–Trinajstić information content (AvgIpc) is 3.13. The SMILES string of the molecule is Cc1cn(CCC(=O)N2CCc3ccccc3C2c2cc(Cl)ccc2O)c2ccc(F)cc12. The number of hydrogen-bond acceptors (Lipinski definition) is 2. The second-order valence-electron chi connectivity index (χ2n) is 8.56. The Bertz CT molecular complexity index is 1360. The summed E-state index contributed by atoms with van der Waals surface area (Å²) in [6.45, 7) is 2.99. The molecule has 1 aliphatic rings. The molecule has 1 unspecified atom stereocenters. The van der Waals surface area contributed by atoms with Crippen LogP contribution in [-0.4, -0.2) is 27.0 Å². The number of hydrogen-bond donors (Lipinski definition) is 1. The highest BCUT2D eigenvalue weighted by Gasteiger charge is 2.33. The fraction of sp³-hybridized carbons (Fsp3) is 0.222. The Kier molecular flexibility index (Phi) is 5.59. The molecule has 168 valence electrons. The van der Waals surface area contributed by atoms with Gasteiger partial charge in [0.1, 0.15) is 11.6 Å². The molecule has 0 fully saturated rings. The zero-order valence-corrected chi connectivity index (χ0v) is 19.0. The summed E-state index contributed by atoms with van der Waals surface area (Å²) in [5, 5.41) is 12.0. The van der Waals surface area contributed by atoms with E-state index in [1.54, 1.807) is 24.3 Å². The number of aromatic hydroxyl groups is 1. The van der Waals surface area contributed by atoms with Crippen LogP contribution in [0.3, 0.4) is 0 Å². The molecule has 4 aromatic rings. The maximum Gasteiger partial charge on any atom is 0.225 e. The van der Waals surface area contributed by atoms with Crippen molar-refractivity contribution >= 4 is 28.4 Å². The number of amides is 1. The van der Waals surface area contributed by atoms with E-state index in [0.717, 1.165) is 28.5 Å². The molecule has 1 N–H and O–H groups in total. The smallest absolute Gasteiger partial charge is 0.225 e. The van der Waals surface area contributed by atoms with Crippen molar-refractivity contribution < 1.29 is 14.3 Å². The lowest BCUT2D eigenvalue weighted by molar-refractivity contribution is -0.133. The molecule has 0 saturated heterocycles. The van der Waals surface area contributed by atoms with Gasteiger partial charge in [-0.3, -0.25) is 4.79 Å². The van der Waals surface area contributed by atoms with Crippen LogP contribution < -0.4 is 0 Å². The van der Waals surface area contributed by atoms with Gasteiger partial charge in [-0.2, -0.15) is 0 Å². The van der Waals surface area contributed by atoms with Gasteiger partial charge in [0.2, 0.25) is 5.91 Å². The van der Waals surface area contributed by atoms with E-state index in [4.69, 9.17) is 11.6 Å². The summed E-state index contributed by atoms with van der Waals surface area (Å²) in [5.74, 6) is -0.154. The second kappa shape index (κ2) is 8.56. The Morgan fingerprint density at radius 3 is 2.79 bits per heavy atom. The lowest BCUT2D eigenvalue weighted by Gasteiger charge is -2.38. The highest BCUT2D eigenvalue weighted by Crippen LogP contribution is 2.40. The molecule has 1 aliphatic heterocycles. The number of nitrogens with zero attached hydrogens (tertiary/aromatic N) is 2. The molecule has 33 heavy (non-hydrogen) atoms. The highest BCUT2D eigenvalue weighted by atomic mass is 35.5. The predicted molar refractivity (Wildman–Crippen MR) is 128 cm³/mol. The minimum atomic E-state index is -0.404. The number of carbonyl (C=O) groups is 1. The van der Waals surface area contributed by atoms with Crippen LogP contribution in [0.5, 0.6) is 5.75 Å². The number of fused-ring (bicyclic) bond motifs is 2. The van der Waals surface area contributed by atoms with Gasteiger partial charge in [-0.1, -0.05) is 35.9 Å². The van der Waals surface area contributed by atoms with Crippen molar-refractivity contribution in [3.8, 4) is 5.75 Å². The van der Waals surface area contributed by atoms with E-state index in [1.807, 2.05) is 40.8 Å². The molecule has 4 nitrogen and oxygen atoms in total. The molecule has 1 atom stereocenters. The maximum atomic E-state index is 13.7. The van der Waals surface area contributed by atoms with Crippen LogP contribution in [-0.2, 0) is 17.8 Å². The van der Waals surface area contributed by atoms with Crippen LogP contribution in [0.4, 0.5) is 4.39 Å². The van der Waals surface area contributed by atoms with Gasteiger partial charge in [0, 0.05) is 47.2 Å². The second-order valence-corrected chi connectivity index (χ2v) is 9.00. The molecule has 0 spiro atoms. The van der Waals surface area contributed by atoms with Gasteiger partial charge in [0.05, 0.1) is 6.04 Å². The molecule has 1 aromatic heterocycles. The molecule has 0 aliphatic carbocycles. The Morgan fingerprint density at radius 2 is 1.94 bits per heavy atom. The first-order valence-electron chi connectivity index (χ1n) is 11.0. The molecule has 1 amide bonds. The molecule has 0 radical (unpaired) electrons. The normalized spacial score (nSPS) is 15.6. The third-order valence-corrected chi connectivity index (χ3v) is 6.73. The Morgan fingerprint density at radius 1 is 1.12 bits per heavy atom. The molecule has 0 saturated carbocycles. The first kappa shape index (κ1) is 21.5. The van der Waals surface area contributed by atoms with Crippen molar-refractivity contribution in [1.82, 2.24) is 9.47 Å². The summed E-state index contributed by atoms with van der Waals surface area (Å²) in [7, 11) is 0. The summed E-state index contributed by atoms with van der Waals surface area (Å²) in [5.41, 5.74) is 4.69. The van der Waals surface area contributed by atoms with Crippen LogP contribution in [0.1, 0.15) is 34.7 Å². The zero-order valence-electron chi connectivity index (χ0n) is 18.3. The highest BCUT2D eigenvalue weighted by molar-refractivity contribution is 6.30. The van der Waals surface area contributed by atoms with E-state index in [0.29, 0.717) is 30.1 Å². The van der Waals surface area contributed by atoms with Crippen LogP contribution in [0.15, 0.2) is 66.9 Å². The molecular weight excluding hydrogens is 439 g/mol. The van der Waals surface area contributed by atoms with E-state index in [1.165, 1.54) is 17.7 Å². The number of aromatic nitrogens is 1. The monoisotopic (exact) mass is 462 g/mol. The van der Waals surface area contributed by atoms with Crippen molar-refractivity contribution in [3.63, 3.8) is 0 Å². The van der Waals surface area contributed by atoms with Gasteiger partial charge < -0.3 is 14.6 Å². The van der Waals surface area contributed by atoms with Gasteiger partial charge in [-0.15, -0.1) is 0 Å². The van der Waals surface area contributed by atoms with Gasteiger partial charge in [0.15, 0.2) is 0 Å². The first-order chi connectivity index (χ1) is 15.9. The largest absolute Gasteiger partial charge is 0.508 e. The Balaban J connectivity index is 1.46. The van der Waals surface area contributed by atoms with E-state index < -0.39 is 6.04 Å². The van der Waals surface area contributed by atoms with Gasteiger partial charge >= 0.3 is 0 Å². The topological polar surface area (TPSA) is 45.5 Å². The summed E-state index contributed by atoms with van der Waals surface area (Å²) < 4.78 is 15.7. The van der Waals surface area contributed by atoms with E-state index >= 15 is 0 Å². The number of benzene rings is 3. The van der Waals surface area contributed by atoms with Crippen molar-refractivity contribution in [3.05, 3.63) is 100.0 Å². The lowest BCUT2D eigenvalue weighted by atomic mass is 9.87. The number of rotatable bonds is 4. The molecule has 3 aromatic carbocycles. The van der Waals surface area contributed by atoms with Crippen LogP contribution >= 0.6 is 11.6 Å². The first-order valence-corrected chi connectivity index (χ1v) is 11.4. The summed E-state index contributed by atoms with van der Waals surface area (Å²) in [4.78, 5) is 15.3. The standard InChI is InChI=1S/C27H24ClFN2O2/c1-17-16-30(24-8-7-20(29)15-22(17)24)12-11-26(33)31-13-10-18-4-2-3-5-21(18)27(31)23-14-19(28)6-9-25(23)32/h2-9,14-16,27,32H,10-13H2,1H3. The zero-order chi connectivity index (χ0) is 23.1. The number of phenols is 1. The predicted octanol–water partition coefficient (Wildman–Crippen LogP) is 6.01. The van der Waals surface area contributed by atoms with Crippen molar-refractivity contribution in [2.75, 3.05) is 6.54 Å². The minimum absolute atomic E-state index is 0.00417. The average molecular weight is 463 g/mol.